The van der Waals surface area contributed by atoms with Crippen LogP contribution in [0.3, 0.4) is 0 Å². The normalized spacial score (nSPS) is 15.6. The van der Waals surface area contributed by atoms with E-state index in [0.717, 1.165) is 43.0 Å². The third-order valence-corrected chi connectivity index (χ3v) is 6.06. The van der Waals surface area contributed by atoms with Gasteiger partial charge in [-0.25, -0.2) is 13.6 Å². The van der Waals surface area contributed by atoms with Crippen molar-refractivity contribution in [3.05, 3.63) is 77.1 Å². The van der Waals surface area contributed by atoms with Crippen molar-refractivity contribution in [3.8, 4) is 11.3 Å². The van der Waals surface area contributed by atoms with Gasteiger partial charge in [0, 0.05) is 17.3 Å². The zero-order chi connectivity index (χ0) is 22.0. The molecule has 1 aliphatic carbocycles. The highest BCUT2D eigenvalue weighted by Crippen LogP contribution is 2.40. The lowest BCUT2D eigenvalue weighted by atomic mass is 9.81. The minimum absolute atomic E-state index is 0.0583. The molecule has 6 heteroatoms. The molecular weight excluding hydrogens is 400 g/mol. The lowest BCUT2D eigenvalue weighted by Crippen LogP contribution is -2.23. The number of nitrogens with one attached hydrogen (secondary N) is 1. The lowest BCUT2D eigenvalue weighted by Gasteiger charge is -2.31. The van der Waals surface area contributed by atoms with E-state index in [1.807, 2.05) is 13.0 Å². The Kier molecular flexibility index (Phi) is 6.07. The molecule has 0 radical (unpaired) electrons. The van der Waals surface area contributed by atoms with Crippen LogP contribution >= 0.6 is 0 Å². The fourth-order valence-corrected chi connectivity index (χ4v) is 4.43. The van der Waals surface area contributed by atoms with Crippen LogP contribution in [-0.4, -0.2) is 11.1 Å². The number of halogens is 2. The van der Waals surface area contributed by atoms with Crippen molar-refractivity contribution >= 4 is 11.7 Å². The Bertz CT molecular complexity index is 1070. The highest BCUT2D eigenvalue weighted by molar-refractivity contribution is 5.88. The van der Waals surface area contributed by atoms with Crippen molar-refractivity contribution in [2.75, 3.05) is 5.32 Å². The van der Waals surface area contributed by atoms with E-state index in [4.69, 9.17) is 9.52 Å². The van der Waals surface area contributed by atoms with Gasteiger partial charge in [-0.2, -0.15) is 0 Å². The van der Waals surface area contributed by atoms with Crippen LogP contribution in [0.25, 0.3) is 11.3 Å². The van der Waals surface area contributed by atoms with E-state index < -0.39 is 17.6 Å². The summed E-state index contributed by atoms with van der Waals surface area (Å²) in [5.74, 6) is -0.831. The van der Waals surface area contributed by atoms with Crippen LogP contribution in [0.1, 0.15) is 59.8 Å². The highest BCUT2D eigenvalue weighted by atomic mass is 19.1. The molecule has 2 aromatic carbocycles. The summed E-state index contributed by atoms with van der Waals surface area (Å²) in [5.41, 5.74) is 2.21. The van der Waals surface area contributed by atoms with Crippen LogP contribution in [0.2, 0.25) is 0 Å². The topological polar surface area (TPSA) is 62.5 Å². The smallest absolute Gasteiger partial charge is 0.335 e. The van der Waals surface area contributed by atoms with E-state index in [0.29, 0.717) is 17.4 Å². The molecule has 1 fully saturated rings. The molecule has 1 aliphatic rings. The zero-order valence-electron chi connectivity index (χ0n) is 17.3. The van der Waals surface area contributed by atoms with Crippen LogP contribution in [0.15, 0.2) is 52.9 Å². The zero-order valence-corrected chi connectivity index (χ0v) is 17.3. The fourth-order valence-electron chi connectivity index (χ4n) is 4.43. The molecule has 0 spiro atoms. The Hall–Kier alpha value is -3.15. The van der Waals surface area contributed by atoms with Gasteiger partial charge in [0.25, 0.3) is 0 Å². The minimum Gasteiger partial charge on any atom is -0.478 e. The molecule has 2 N–H and O–H groups in total. The maximum absolute atomic E-state index is 14.3. The fraction of sp³-hybridized carbons (Fsp3) is 0.320. The van der Waals surface area contributed by atoms with Gasteiger partial charge in [0.2, 0.25) is 0 Å². The summed E-state index contributed by atoms with van der Waals surface area (Å²) in [4.78, 5) is 11.1. The van der Waals surface area contributed by atoms with E-state index in [2.05, 4.69) is 5.32 Å². The average molecular weight is 425 g/mol. The maximum Gasteiger partial charge on any atom is 0.335 e. The number of aromatic carboxylic acids is 1. The summed E-state index contributed by atoms with van der Waals surface area (Å²) in [6.07, 6.45) is 5.65. The van der Waals surface area contributed by atoms with Crippen LogP contribution < -0.4 is 5.32 Å². The largest absolute Gasteiger partial charge is 0.478 e. The van der Waals surface area contributed by atoms with Gasteiger partial charge < -0.3 is 14.8 Å². The maximum atomic E-state index is 14.3. The summed E-state index contributed by atoms with van der Waals surface area (Å²) in [7, 11) is 0. The van der Waals surface area contributed by atoms with Crippen molar-refractivity contribution in [1.29, 1.82) is 0 Å². The van der Waals surface area contributed by atoms with E-state index in [1.165, 1.54) is 18.6 Å². The number of carboxylic acid groups (broad SMARTS) is 1. The third kappa shape index (κ3) is 4.63. The van der Waals surface area contributed by atoms with Gasteiger partial charge in [-0.15, -0.1) is 0 Å². The number of anilines is 1. The monoisotopic (exact) mass is 425 g/mol. The number of aryl methyl sites for hydroxylation is 1. The number of rotatable bonds is 6. The number of hydrogen-bond acceptors (Lipinski definition) is 3. The van der Waals surface area contributed by atoms with E-state index in [1.54, 1.807) is 24.3 Å². The Balaban J connectivity index is 1.68. The van der Waals surface area contributed by atoms with Gasteiger partial charge in [-0.05, 0) is 68.1 Å². The summed E-state index contributed by atoms with van der Waals surface area (Å²) in [6, 6.07) is 11.9. The lowest BCUT2D eigenvalue weighted by molar-refractivity contribution is 0.0697. The highest BCUT2D eigenvalue weighted by Gasteiger charge is 2.29. The van der Waals surface area contributed by atoms with Crippen molar-refractivity contribution < 1.29 is 23.1 Å². The molecular formula is C25H25F2NO3. The third-order valence-electron chi connectivity index (χ3n) is 6.06. The second-order valence-corrected chi connectivity index (χ2v) is 8.15. The van der Waals surface area contributed by atoms with Gasteiger partial charge in [0.1, 0.15) is 23.2 Å². The molecule has 1 aromatic heterocycles. The van der Waals surface area contributed by atoms with Crippen LogP contribution in [0.5, 0.6) is 0 Å². The second-order valence-electron chi connectivity index (χ2n) is 8.15. The molecule has 3 aromatic rings. The molecule has 4 nitrogen and oxygen atoms in total. The molecule has 1 saturated carbocycles. The van der Waals surface area contributed by atoms with E-state index >= 15 is 0 Å². The molecule has 4 rings (SSSR count). The minimum atomic E-state index is -0.966. The molecule has 0 aliphatic heterocycles. The van der Waals surface area contributed by atoms with Crippen LogP contribution in [-0.2, 0) is 0 Å². The van der Waals surface area contributed by atoms with Crippen molar-refractivity contribution in [2.45, 2.75) is 45.1 Å². The Morgan fingerprint density at radius 3 is 2.42 bits per heavy atom. The quantitative estimate of drug-likeness (QED) is 0.448. The van der Waals surface area contributed by atoms with E-state index in [-0.39, 0.29) is 17.2 Å². The Morgan fingerprint density at radius 1 is 1.06 bits per heavy atom. The second kappa shape index (κ2) is 8.92. The summed E-state index contributed by atoms with van der Waals surface area (Å²) >= 11 is 0. The number of hydrogen-bond donors (Lipinski definition) is 2. The van der Waals surface area contributed by atoms with Crippen molar-refractivity contribution in [3.63, 3.8) is 0 Å². The molecule has 0 bridgehead atoms. The van der Waals surface area contributed by atoms with E-state index in [9.17, 15) is 13.6 Å². The summed E-state index contributed by atoms with van der Waals surface area (Å²) < 4.78 is 33.5. The van der Waals surface area contributed by atoms with Crippen molar-refractivity contribution in [1.82, 2.24) is 0 Å². The molecule has 0 saturated heterocycles. The van der Waals surface area contributed by atoms with Gasteiger partial charge in [0.05, 0.1) is 17.2 Å². The number of benzene rings is 2. The first kappa shape index (κ1) is 21.1. The molecule has 162 valence electrons. The number of carboxylic acids is 1. The first-order chi connectivity index (χ1) is 14.9. The Labute approximate surface area is 179 Å². The Morgan fingerprint density at radius 2 is 1.77 bits per heavy atom. The van der Waals surface area contributed by atoms with Crippen LogP contribution in [0, 0.1) is 24.5 Å². The first-order valence-electron chi connectivity index (χ1n) is 10.6. The average Bonchev–Trinajstić information content (AvgIpc) is 3.14. The van der Waals surface area contributed by atoms with Gasteiger partial charge in [-0.1, -0.05) is 19.3 Å². The SMILES string of the molecule is Cc1oc(-c2ccc(F)cc2F)cc1C(Nc1ccc(C(=O)O)cc1)C1CCCCC1. The van der Waals surface area contributed by atoms with Gasteiger partial charge in [-0.3, -0.25) is 0 Å². The first-order valence-corrected chi connectivity index (χ1v) is 10.6. The van der Waals surface area contributed by atoms with Gasteiger partial charge in [0.15, 0.2) is 0 Å². The number of furan rings is 1. The van der Waals surface area contributed by atoms with Crippen LogP contribution in [0.4, 0.5) is 14.5 Å². The standard InChI is InChI=1S/C25H25F2NO3/c1-15-21(14-23(31-15)20-12-9-18(26)13-22(20)27)24(16-5-3-2-4-6-16)28-19-10-7-17(8-11-19)25(29)30/h7-14,16,24,28H,2-6H2,1H3,(H,29,30). The van der Waals surface area contributed by atoms with Crippen molar-refractivity contribution in [2.24, 2.45) is 5.92 Å². The molecule has 1 unspecified atom stereocenters. The summed E-state index contributed by atoms with van der Waals surface area (Å²) in [6.45, 7) is 1.85. The predicted molar refractivity (Wildman–Crippen MR) is 115 cm³/mol. The molecule has 1 atom stereocenters. The number of carbonyl (C=O) groups is 1. The predicted octanol–water partition coefficient (Wildman–Crippen LogP) is 6.96. The molecule has 31 heavy (non-hydrogen) atoms. The van der Waals surface area contributed by atoms with Gasteiger partial charge >= 0.3 is 5.97 Å². The molecule has 1 heterocycles. The molecule has 0 amide bonds. The summed E-state index contributed by atoms with van der Waals surface area (Å²) in [5, 5.41) is 12.7.